The summed E-state index contributed by atoms with van der Waals surface area (Å²) in [5, 5.41) is 3.40. The van der Waals surface area contributed by atoms with Crippen molar-refractivity contribution in [1.29, 1.82) is 0 Å². The van der Waals surface area contributed by atoms with Crippen molar-refractivity contribution in [3.63, 3.8) is 0 Å². The molecule has 1 fully saturated rings. The predicted molar refractivity (Wildman–Crippen MR) is 81.4 cm³/mol. The maximum absolute atomic E-state index is 12.3. The fourth-order valence-electron chi connectivity index (χ4n) is 2.20. The number of amides is 2. The average molecular weight is 313 g/mol. The van der Waals surface area contributed by atoms with E-state index in [-0.39, 0.29) is 17.9 Å². The standard InChI is InChI=1S/C14H17ClN2O2S/c1-17-8-9(3-6-13(17)18)16-14(19)11-7-10(20-2)4-5-12(11)15/h4-5,7,9H,3,6,8H2,1-2H3,(H,16,19)/t9-/m1/s1. The molecule has 1 N–H and O–H groups in total. The molecule has 1 saturated heterocycles. The number of rotatable bonds is 3. The lowest BCUT2D eigenvalue weighted by atomic mass is 10.1. The van der Waals surface area contributed by atoms with Crippen LogP contribution in [0.4, 0.5) is 0 Å². The van der Waals surface area contributed by atoms with E-state index in [1.165, 1.54) is 0 Å². The van der Waals surface area contributed by atoms with Crippen LogP contribution in [0.2, 0.25) is 5.02 Å². The summed E-state index contributed by atoms with van der Waals surface area (Å²) in [6, 6.07) is 5.40. The molecule has 1 atom stereocenters. The first-order valence-corrected chi connectivity index (χ1v) is 8.00. The van der Waals surface area contributed by atoms with Gasteiger partial charge in [-0.15, -0.1) is 11.8 Å². The Morgan fingerprint density at radius 1 is 1.50 bits per heavy atom. The molecule has 0 aromatic heterocycles. The van der Waals surface area contributed by atoms with Gasteiger partial charge in [-0.3, -0.25) is 9.59 Å². The van der Waals surface area contributed by atoms with Gasteiger partial charge in [-0.25, -0.2) is 0 Å². The van der Waals surface area contributed by atoms with Crippen molar-refractivity contribution >= 4 is 35.2 Å². The van der Waals surface area contributed by atoms with Gasteiger partial charge >= 0.3 is 0 Å². The quantitative estimate of drug-likeness (QED) is 0.872. The second-order valence-electron chi connectivity index (χ2n) is 4.83. The van der Waals surface area contributed by atoms with Gasteiger partial charge in [-0.05, 0) is 30.9 Å². The minimum atomic E-state index is -0.182. The molecule has 2 amide bonds. The highest BCUT2D eigenvalue weighted by atomic mass is 35.5. The lowest BCUT2D eigenvalue weighted by molar-refractivity contribution is -0.132. The molecule has 108 valence electrons. The summed E-state index contributed by atoms with van der Waals surface area (Å²) >= 11 is 7.65. The normalized spacial score (nSPS) is 19.1. The summed E-state index contributed by atoms with van der Waals surface area (Å²) < 4.78 is 0. The maximum Gasteiger partial charge on any atom is 0.253 e. The number of nitrogens with one attached hydrogen (secondary N) is 1. The van der Waals surface area contributed by atoms with Crippen LogP contribution >= 0.6 is 23.4 Å². The maximum atomic E-state index is 12.3. The summed E-state index contributed by atoms with van der Waals surface area (Å²) in [7, 11) is 1.75. The van der Waals surface area contributed by atoms with E-state index in [2.05, 4.69) is 5.32 Å². The van der Waals surface area contributed by atoms with Crippen LogP contribution in [-0.2, 0) is 4.79 Å². The Morgan fingerprint density at radius 3 is 2.90 bits per heavy atom. The highest BCUT2D eigenvalue weighted by Crippen LogP contribution is 2.23. The molecule has 4 nitrogen and oxygen atoms in total. The molecule has 0 unspecified atom stereocenters. The average Bonchev–Trinajstić information content (AvgIpc) is 2.43. The van der Waals surface area contributed by atoms with E-state index in [1.807, 2.05) is 12.3 Å². The number of thioether (sulfide) groups is 1. The van der Waals surface area contributed by atoms with E-state index in [0.717, 1.165) is 4.90 Å². The topological polar surface area (TPSA) is 49.4 Å². The van der Waals surface area contributed by atoms with Crippen LogP contribution in [-0.4, -0.2) is 42.6 Å². The van der Waals surface area contributed by atoms with Gasteiger partial charge < -0.3 is 10.2 Å². The summed E-state index contributed by atoms with van der Waals surface area (Å²) in [4.78, 5) is 26.3. The molecule has 1 aliphatic heterocycles. The van der Waals surface area contributed by atoms with Crippen LogP contribution in [0.25, 0.3) is 0 Å². The highest BCUT2D eigenvalue weighted by molar-refractivity contribution is 7.98. The molecule has 2 rings (SSSR count). The largest absolute Gasteiger partial charge is 0.347 e. The van der Waals surface area contributed by atoms with Crippen molar-refractivity contribution in [3.05, 3.63) is 28.8 Å². The minimum absolute atomic E-state index is 0.0146. The summed E-state index contributed by atoms with van der Waals surface area (Å²) in [6.45, 7) is 0.546. The van der Waals surface area contributed by atoms with Crippen LogP contribution in [0, 0.1) is 0 Å². The monoisotopic (exact) mass is 312 g/mol. The zero-order valence-electron chi connectivity index (χ0n) is 11.5. The molecular weight excluding hydrogens is 296 g/mol. The molecule has 0 saturated carbocycles. The van der Waals surface area contributed by atoms with Crippen molar-refractivity contribution in [1.82, 2.24) is 10.2 Å². The summed E-state index contributed by atoms with van der Waals surface area (Å²) in [6.07, 6.45) is 3.10. The van der Waals surface area contributed by atoms with E-state index in [0.29, 0.717) is 30.0 Å². The third-order valence-electron chi connectivity index (χ3n) is 3.38. The van der Waals surface area contributed by atoms with Crippen LogP contribution in [0.1, 0.15) is 23.2 Å². The van der Waals surface area contributed by atoms with Gasteiger partial charge in [-0.2, -0.15) is 0 Å². The Morgan fingerprint density at radius 2 is 2.25 bits per heavy atom. The second-order valence-corrected chi connectivity index (χ2v) is 6.12. The van der Waals surface area contributed by atoms with Gasteiger partial charge in [0, 0.05) is 31.0 Å². The van der Waals surface area contributed by atoms with Crippen LogP contribution < -0.4 is 5.32 Å². The Labute approximate surface area is 127 Å². The van der Waals surface area contributed by atoms with Crippen molar-refractivity contribution in [3.8, 4) is 0 Å². The molecule has 0 spiro atoms. The molecular formula is C14H17ClN2O2S. The van der Waals surface area contributed by atoms with E-state index in [1.54, 1.807) is 35.8 Å². The molecule has 1 heterocycles. The first-order chi connectivity index (χ1) is 9.51. The molecule has 0 bridgehead atoms. The van der Waals surface area contributed by atoms with Crippen LogP contribution in [0.3, 0.4) is 0 Å². The van der Waals surface area contributed by atoms with Gasteiger partial charge in [0.25, 0.3) is 5.91 Å². The number of benzene rings is 1. The minimum Gasteiger partial charge on any atom is -0.347 e. The van der Waals surface area contributed by atoms with E-state index < -0.39 is 0 Å². The number of piperidine rings is 1. The molecule has 1 aliphatic rings. The number of carbonyl (C=O) groups is 2. The number of hydrogen-bond acceptors (Lipinski definition) is 3. The summed E-state index contributed by atoms with van der Waals surface area (Å²) in [5.74, 6) is -0.0587. The highest BCUT2D eigenvalue weighted by Gasteiger charge is 2.25. The molecule has 20 heavy (non-hydrogen) atoms. The van der Waals surface area contributed by atoms with E-state index in [4.69, 9.17) is 11.6 Å². The third kappa shape index (κ3) is 3.46. The van der Waals surface area contributed by atoms with Gasteiger partial charge in [0.05, 0.1) is 10.6 Å². The lowest BCUT2D eigenvalue weighted by Gasteiger charge is -2.30. The number of carbonyl (C=O) groups excluding carboxylic acids is 2. The van der Waals surface area contributed by atoms with Crippen LogP contribution in [0.15, 0.2) is 23.1 Å². The van der Waals surface area contributed by atoms with Gasteiger partial charge in [0.2, 0.25) is 5.91 Å². The second kappa shape index (κ2) is 6.50. The number of likely N-dealkylation sites (tertiary alicyclic amines) is 1. The number of halogens is 1. The first-order valence-electron chi connectivity index (χ1n) is 6.39. The number of hydrogen-bond donors (Lipinski definition) is 1. The van der Waals surface area contributed by atoms with Crippen molar-refractivity contribution in [2.45, 2.75) is 23.8 Å². The van der Waals surface area contributed by atoms with Gasteiger partial charge in [0.15, 0.2) is 0 Å². The van der Waals surface area contributed by atoms with Crippen molar-refractivity contribution in [2.75, 3.05) is 19.8 Å². The van der Waals surface area contributed by atoms with Gasteiger partial charge in [0.1, 0.15) is 0 Å². The zero-order valence-corrected chi connectivity index (χ0v) is 13.1. The molecule has 1 aromatic carbocycles. The Kier molecular flexibility index (Phi) is 4.94. The van der Waals surface area contributed by atoms with Gasteiger partial charge in [-0.1, -0.05) is 11.6 Å². The molecule has 0 radical (unpaired) electrons. The first kappa shape index (κ1) is 15.2. The smallest absolute Gasteiger partial charge is 0.253 e. The summed E-state index contributed by atoms with van der Waals surface area (Å²) in [5.41, 5.74) is 0.484. The third-order valence-corrected chi connectivity index (χ3v) is 4.43. The number of likely N-dealkylation sites (N-methyl/N-ethyl adjacent to an activating group) is 1. The molecule has 6 heteroatoms. The Hall–Kier alpha value is -1.20. The molecule has 0 aliphatic carbocycles. The lowest BCUT2D eigenvalue weighted by Crippen LogP contribution is -2.48. The Balaban J connectivity index is 2.07. The van der Waals surface area contributed by atoms with E-state index >= 15 is 0 Å². The SMILES string of the molecule is CSc1ccc(Cl)c(C(=O)N[C@@H]2CCC(=O)N(C)C2)c1. The van der Waals surface area contributed by atoms with Crippen molar-refractivity contribution < 1.29 is 9.59 Å². The Bertz CT molecular complexity index is 536. The van der Waals surface area contributed by atoms with E-state index in [9.17, 15) is 9.59 Å². The fourth-order valence-corrected chi connectivity index (χ4v) is 2.84. The number of nitrogens with zero attached hydrogens (tertiary/aromatic N) is 1. The zero-order chi connectivity index (χ0) is 14.7. The van der Waals surface area contributed by atoms with Crippen molar-refractivity contribution in [2.24, 2.45) is 0 Å². The van der Waals surface area contributed by atoms with Crippen LogP contribution in [0.5, 0.6) is 0 Å². The molecule has 1 aromatic rings. The fraction of sp³-hybridized carbons (Fsp3) is 0.429. The predicted octanol–water partition coefficient (Wildman–Crippen LogP) is 2.41.